The molecule has 0 saturated heterocycles. The molecule has 0 aliphatic carbocycles. The first-order chi connectivity index (χ1) is 12.7. The highest BCUT2D eigenvalue weighted by atomic mass is 19.4. The van der Waals surface area contributed by atoms with Crippen LogP contribution in [0.2, 0.25) is 0 Å². The highest BCUT2D eigenvalue weighted by Crippen LogP contribution is 2.31. The molecule has 1 aromatic carbocycles. The predicted octanol–water partition coefficient (Wildman–Crippen LogP) is 3.76. The van der Waals surface area contributed by atoms with Gasteiger partial charge in [0.25, 0.3) is 5.91 Å². The predicted molar refractivity (Wildman–Crippen MR) is 89.0 cm³/mol. The Morgan fingerprint density at radius 1 is 1.30 bits per heavy atom. The Kier molecular flexibility index (Phi) is 4.64. The van der Waals surface area contributed by atoms with Crippen molar-refractivity contribution in [1.82, 2.24) is 14.9 Å². The Hall–Kier alpha value is -3.30. The summed E-state index contributed by atoms with van der Waals surface area (Å²) in [5, 5.41) is 10.4. The molecule has 0 spiro atoms. The van der Waals surface area contributed by atoms with Crippen molar-refractivity contribution >= 4 is 11.6 Å². The van der Waals surface area contributed by atoms with Gasteiger partial charge in [-0.2, -0.15) is 18.3 Å². The van der Waals surface area contributed by atoms with E-state index in [1.807, 2.05) is 0 Å². The average molecular weight is 380 g/mol. The number of benzene rings is 1. The minimum atomic E-state index is -4.49. The zero-order chi connectivity index (χ0) is 19.8. The lowest BCUT2D eigenvalue weighted by atomic mass is 10.2. The quantitative estimate of drug-likeness (QED) is 0.745. The van der Waals surface area contributed by atoms with Crippen molar-refractivity contribution in [3.8, 4) is 11.4 Å². The normalized spacial score (nSPS) is 11.5. The topological polar surface area (TPSA) is 82.2 Å². The number of alkyl halides is 3. The van der Waals surface area contributed by atoms with Gasteiger partial charge in [0.05, 0.1) is 24.6 Å². The number of aryl methyl sites for hydroxylation is 2. The van der Waals surface area contributed by atoms with Gasteiger partial charge in [0.1, 0.15) is 11.4 Å². The molecule has 0 bridgehead atoms. The van der Waals surface area contributed by atoms with Crippen molar-refractivity contribution in [3.05, 3.63) is 53.2 Å². The van der Waals surface area contributed by atoms with Crippen LogP contribution in [0, 0.1) is 13.8 Å². The third-order valence-corrected chi connectivity index (χ3v) is 3.83. The second-order valence-corrected chi connectivity index (χ2v) is 5.69. The van der Waals surface area contributed by atoms with E-state index >= 15 is 0 Å². The molecular formula is C17H15F3N4O3. The fourth-order valence-corrected chi connectivity index (χ4v) is 2.46. The number of ether oxygens (including phenoxy) is 1. The summed E-state index contributed by atoms with van der Waals surface area (Å²) in [5.41, 5.74) is 0.110. The Morgan fingerprint density at radius 2 is 2.04 bits per heavy atom. The fraction of sp³-hybridized carbons (Fsp3) is 0.235. The van der Waals surface area contributed by atoms with Crippen LogP contribution in [0.3, 0.4) is 0 Å². The summed E-state index contributed by atoms with van der Waals surface area (Å²) in [5.74, 6) is -0.0826. The molecule has 0 unspecified atom stereocenters. The third-order valence-electron chi connectivity index (χ3n) is 3.83. The van der Waals surface area contributed by atoms with E-state index in [-0.39, 0.29) is 17.1 Å². The van der Waals surface area contributed by atoms with Crippen LogP contribution in [-0.2, 0) is 6.18 Å². The molecule has 0 atom stereocenters. The van der Waals surface area contributed by atoms with Crippen LogP contribution in [0.15, 0.2) is 35.0 Å². The Morgan fingerprint density at radius 3 is 2.63 bits per heavy atom. The number of hydrogen-bond acceptors (Lipinski definition) is 5. The lowest BCUT2D eigenvalue weighted by molar-refractivity contribution is -0.137. The maximum absolute atomic E-state index is 12.9. The standard InChI is InChI=1S/C17H15F3N4O3/c1-9-14(10(2)27-23-9)21-16(25)15-13(26-3)8-24(22-15)12-6-4-5-11(7-12)17(18,19)20/h4-8H,1-3H3,(H,21,25). The first-order valence-corrected chi connectivity index (χ1v) is 7.76. The highest BCUT2D eigenvalue weighted by Gasteiger charge is 2.31. The molecule has 142 valence electrons. The minimum absolute atomic E-state index is 0.0880. The maximum atomic E-state index is 12.9. The van der Waals surface area contributed by atoms with Gasteiger partial charge in [-0.05, 0) is 32.0 Å². The van der Waals surface area contributed by atoms with Gasteiger partial charge in [-0.15, -0.1) is 0 Å². The van der Waals surface area contributed by atoms with E-state index < -0.39 is 17.6 Å². The van der Waals surface area contributed by atoms with Crippen molar-refractivity contribution in [2.75, 3.05) is 12.4 Å². The largest absolute Gasteiger partial charge is 0.493 e. The molecule has 1 N–H and O–H groups in total. The zero-order valence-corrected chi connectivity index (χ0v) is 14.6. The SMILES string of the molecule is COc1cn(-c2cccc(C(F)(F)F)c2)nc1C(=O)Nc1c(C)noc1C. The van der Waals surface area contributed by atoms with Gasteiger partial charge in [-0.1, -0.05) is 11.2 Å². The molecule has 27 heavy (non-hydrogen) atoms. The molecule has 7 nitrogen and oxygen atoms in total. The number of hydrogen-bond donors (Lipinski definition) is 1. The lowest BCUT2D eigenvalue weighted by Gasteiger charge is -2.08. The number of methoxy groups -OCH3 is 1. The Bertz CT molecular complexity index is 972. The maximum Gasteiger partial charge on any atom is 0.416 e. The first-order valence-electron chi connectivity index (χ1n) is 7.76. The van der Waals surface area contributed by atoms with Crippen LogP contribution in [0.25, 0.3) is 5.69 Å². The number of amides is 1. The van der Waals surface area contributed by atoms with E-state index in [4.69, 9.17) is 9.26 Å². The third kappa shape index (κ3) is 3.64. The molecule has 2 heterocycles. The van der Waals surface area contributed by atoms with Crippen LogP contribution in [-0.4, -0.2) is 28.0 Å². The fourth-order valence-electron chi connectivity index (χ4n) is 2.46. The molecular weight excluding hydrogens is 365 g/mol. The number of carbonyl (C=O) groups excluding carboxylic acids is 1. The van der Waals surface area contributed by atoms with Gasteiger partial charge in [0.2, 0.25) is 0 Å². The smallest absolute Gasteiger partial charge is 0.416 e. The van der Waals surface area contributed by atoms with E-state index in [2.05, 4.69) is 15.6 Å². The second kappa shape index (κ2) is 6.78. The van der Waals surface area contributed by atoms with Gasteiger partial charge in [0, 0.05) is 0 Å². The van der Waals surface area contributed by atoms with E-state index in [9.17, 15) is 18.0 Å². The summed E-state index contributed by atoms with van der Waals surface area (Å²) >= 11 is 0. The summed E-state index contributed by atoms with van der Waals surface area (Å²) in [6.45, 7) is 3.29. The second-order valence-electron chi connectivity index (χ2n) is 5.69. The molecule has 2 aromatic heterocycles. The molecule has 3 rings (SSSR count). The number of aromatic nitrogens is 3. The van der Waals surface area contributed by atoms with Crippen molar-refractivity contribution in [3.63, 3.8) is 0 Å². The van der Waals surface area contributed by atoms with Crippen LogP contribution >= 0.6 is 0 Å². The van der Waals surface area contributed by atoms with Crippen LogP contribution in [0.1, 0.15) is 27.5 Å². The summed E-state index contributed by atoms with van der Waals surface area (Å²) in [4.78, 5) is 12.6. The number of rotatable bonds is 4. The molecule has 3 aromatic rings. The van der Waals surface area contributed by atoms with E-state index in [0.29, 0.717) is 17.1 Å². The number of anilines is 1. The van der Waals surface area contributed by atoms with Gasteiger partial charge in [-0.3, -0.25) is 4.79 Å². The van der Waals surface area contributed by atoms with Crippen LogP contribution in [0.4, 0.5) is 18.9 Å². The number of carbonyl (C=O) groups is 1. The van der Waals surface area contributed by atoms with Crippen LogP contribution in [0.5, 0.6) is 5.75 Å². The molecule has 1 amide bonds. The number of nitrogens with zero attached hydrogens (tertiary/aromatic N) is 3. The van der Waals surface area contributed by atoms with Gasteiger partial charge in [-0.25, -0.2) is 4.68 Å². The van der Waals surface area contributed by atoms with Gasteiger partial charge >= 0.3 is 6.18 Å². The van der Waals surface area contributed by atoms with Gasteiger partial charge < -0.3 is 14.6 Å². The monoisotopic (exact) mass is 380 g/mol. The molecule has 0 radical (unpaired) electrons. The Balaban J connectivity index is 1.95. The molecule has 0 fully saturated rings. The molecule has 0 aliphatic heterocycles. The van der Waals surface area contributed by atoms with E-state index in [0.717, 1.165) is 16.8 Å². The summed E-state index contributed by atoms with van der Waals surface area (Å²) in [6, 6.07) is 4.59. The summed E-state index contributed by atoms with van der Waals surface area (Å²) < 4.78 is 50.0. The van der Waals surface area contributed by atoms with Crippen molar-refractivity contribution in [2.45, 2.75) is 20.0 Å². The van der Waals surface area contributed by atoms with E-state index in [1.54, 1.807) is 13.8 Å². The van der Waals surface area contributed by atoms with Gasteiger partial charge in [0.15, 0.2) is 17.2 Å². The number of nitrogens with one attached hydrogen (secondary N) is 1. The number of halogens is 3. The lowest BCUT2D eigenvalue weighted by Crippen LogP contribution is -2.15. The highest BCUT2D eigenvalue weighted by molar-refractivity contribution is 6.05. The molecule has 10 heteroatoms. The average Bonchev–Trinajstić information content (AvgIpc) is 3.20. The zero-order valence-electron chi connectivity index (χ0n) is 14.6. The molecule has 0 saturated carbocycles. The minimum Gasteiger partial charge on any atom is -0.493 e. The van der Waals surface area contributed by atoms with Crippen molar-refractivity contribution < 1.29 is 27.2 Å². The van der Waals surface area contributed by atoms with Crippen molar-refractivity contribution in [2.24, 2.45) is 0 Å². The Labute approximate surface area is 151 Å². The first kappa shape index (κ1) is 18.5. The summed E-state index contributed by atoms with van der Waals surface area (Å²) in [7, 11) is 1.33. The van der Waals surface area contributed by atoms with Crippen LogP contribution < -0.4 is 10.1 Å². The summed E-state index contributed by atoms with van der Waals surface area (Å²) in [6.07, 6.45) is -3.16. The molecule has 0 aliphatic rings. The van der Waals surface area contributed by atoms with E-state index in [1.165, 1.54) is 25.4 Å². The van der Waals surface area contributed by atoms with Crippen molar-refractivity contribution in [1.29, 1.82) is 0 Å².